The Hall–Kier alpha value is -1.87. The predicted octanol–water partition coefficient (Wildman–Crippen LogP) is 2.84. The van der Waals surface area contributed by atoms with Crippen molar-refractivity contribution in [1.29, 1.82) is 0 Å². The van der Waals surface area contributed by atoms with Crippen LogP contribution in [0.2, 0.25) is 0 Å². The summed E-state index contributed by atoms with van der Waals surface area (Å²) in [5.41, 5.74) is 3.44. The molecule has 0 saturated carbocycles. The Balaban J connectivity index is 2.03. The lowest BCUT2D eigenvalue weighted by Crippen LogP contribution is -2.03. The fraction of sp³-hybridized carbons (Fsp3) is 0.214. The molecule has 2 aromatic rings. The molecule has 0 saturated heterocycles. The van der Waals surface area contributed by atoms with Crippen LogP contribution in [0, 0.1) is 0 Å². The molecule has 0 unspecified atom stereocenters. The van der Waals surface area contributed by atoms with E-state index in [1.165, 1.54) is 11.1 Å². The van der Waals surface area contributed by atoms with Gasteiger partial charge in [0, 0.05) is 37.3 Å². The van der Waals surface area contributed by atoms with E-state index in [1.807, 2.05) is 24.4 Å². The number of aromatic nitrogens is 1. The first-order chi connectivity index (χ1) is 8.40. The maximum atomic E-state index is 5.17. The van der Waals surface area contributed by atoms with Gasteiger partial charge in [-0.15, -0.1) is 0 Å². The first-order valence-corrected chi connectivity index (χ1v) is 5.60. The Morgan fingerprint density at radius 2 is 2.06 bits per heavy atom. The van der Waals surface area contributed by atoms with E-state index in [9.17, 15) is 0 Å². The number of methoxy groups -OCH3 is 1. The van der Waals surface area contributed by atoms with Crippen molar-refractivity contribution in [2.24, 2.45) is 0 Å². The number of hydrogen-bond donors (Lipinski definition) is 1. The van der Waals surface area contributed by atoms with Gasteiger partial charge < -0.3 is 10.1 Å². The van der Waals surface area contributed by atoms with Gasteiger partial charge in [0.1, 0.15) is 0 Å². The second kappa shape index (κ2) is 6.01. The molecule has 0 radical (unpaired) electrons. The van der Waals surface area contributed by atoms with E-state index >= 15 is 0 Å². The van der Waals surface area contributed by atoms with Gasteiger partial charge in [0.05, 0.1) is 6.61 Å². The molecule has 3 heteroatoms. The number of nitrogens with zero attached hydrogens (tertiary/aromatic N) is 1. The zero-order valence-electron chi connectivity index (χ0n) is 9.89. The maximum Gasteiger partial charge on any atom is 0.0733 e. The summed E-state index contributed by atoms with van der Waals surface area (Å²) in [5.74, 6) is 0. The second-order valence-electron chi connectivity index (χ2n) is 3.80. The van der Waals surface area contributed by atoms with Crippen LogP contribution < -0.4 is 5.32 Å². The van der Waals surface area contributed by atoms with Crippen LogP contribution in [0.1, 0.15) is 11.1 Å². The highest BCUT2D eigenvalue weighted by molar-refractivity contribution is 5.51. The van der Waals surface area contributed by atoms with Crippen LogP contribution in [0.5, 0.6) is 0 Å². The summed E-state index contributed by atoms with van der Waals surface area (Å²) in [6, 6.07) is 12.2. The topological polar surface area (TPSA) is 34.1 Å². The van der Waals surface area contributed by atoms with Crippen molar-refractivity contribution in [3.05, 3.63) is 59.9 Å². The van der Waals surface area contributed by atoms with Crippen LogP contribution in [0.25, 0.3) is 0 Å². The van der Waals surface area contributed by atoms with Gasteiger partial charge in [0.2, 0.25) is 0 Å². The maximum absolute atomic E-state index is 5.17. The van der Waals surface area contributed by atoms with Crippen LogP contribution in [-0.2, 0) is 17.9 Å². The van der Waals surface area contributed by atoms with E-state index < -0.39 is 0 Å². The van der Waals surface area contributed by atoms with Crippen LogP contribution >= 0.6 is 0 Å². The van der Waals surface area contributed by atoms with Crippen LogP contribution in [0.15, 0.2) is 48.8 Å². The van der Waals surface area contributed by atoms with Gasteiger partial charge in [0.25, 0.3) is 0 Å². The molecule has 1 aromatic carbocycles. The molecule has 3 nitrogen and oxygen atoms in total. The quantitative estimate of drug-likeness (QED) is 0.854. The summed E-state index contributed by atoms with van der Waals surface area (Å²) in [4.78, 5) is 4.09. The van der Waals surface area contributed by atoms with Gasteiger partial charge in [-0.3, -0.25) is 4.98 Å². The lowest BCUT2D eigenvalue weighted by atomic mass is 10.2. The van der Waals surface area contributed by atoms with Crippen molar-refractivity contribution in [3.8, 4) is 0 Å². The van der Waals surface area contributed by atoms with Crippen molar-refractivity contribution < 1.29 is 4.74 Å². The van der Waals surface area contributed by atoms with Crippen LogP contribution in [-0.4, -0.2) is 12.1 Å². The zero-order chi connectivity index (χ0) is 11.9. The molecule has 1 heterocycles. The highest BCUT2D eigenvalue weighted by atomic mass is 16.5. The SMILES string of the molecule is COCc1ccccc1NCc1cccnc1. The zero-order valence-corrected chi connectivity index (χ0v) is 9.89. The molecule has 0 atom stereocenters. The van der Waals surface area contributed by atoms with Crippen molar-refractivity contribution in [3.63, 3.8) is 0 Å². The van der Waals surface area contributed by atoms with Gasteiger partial charge in [-0.2, -0.15) is 0 Å². The second-order valence-corrected chi connectivity index (χ2v) is 3.80. The molecule has 2 rings (SSSR count). The van der Waals surface area contributed by atoms with Gasteiger partial charge >= 0.3 is 0 Å². The third-order valence-corrected chi connectivity index (χ3v) is 2.52. The van der Waals surface area contributed by atoms with Gasteiger partial charge in [-0.25, -0.2) is 0 Å². The normalized spacial score (nSPS) is 10.2. The third kappa shape index (κ3) is 3.29. The summed E-state index contributed by atoms with van der Waals surface area (Å²) < 4.78 is 5.17. The number of rotatable bonds is 5. The molecule has 0 fully saturated rings. The van der Waals surface area contributed by atoms with Crippen molar-refractivity contribution in [1.82, 2.24) is 4.98 Å². The number of para-hydroxylation sites is 1. The molecule has 1 aromatic heterocycles. The standard InChI is InChI=1S/C14H16N2O/c1-17-11-13-6-2-3-7-14(13)16-10-12-5-4-8-15-9-12/h2-9,16H,10-11H2,1H3. The third-order valence-electron chi connectivity index (χ3n) is 2.52. The Labute approximate surface area is 101 Å². The van der Waals surface area contributed by atoms with Gasteiger partial charge in [-0.1, -0.05) is 24.3 Å². The lowest BCUT2D eigenvalue weighted by molar-refractivity contribution is 0.185. The molecular weight excluding hydrogens is 212 g/mol. The van der Waals surface area contributed by atoms with Crippen molar-refractivity contribution in [2.75, 3.05) is 12.4 Å². The highest BCUT2D eigenvalue weighted by Gasteiger charge is 2.00. The molecule has 0 aliphatic rings. The molecular formula is C14H16N2O. The number of hydrogen-bond acceptors (Lipinski definition) is 3. The minimum absolute atomic E-state index is 0.621. The van der Waals surface area contributed by atoms with E-state index in [2.05, 4.69) is 28.5 Å². The highest BCUT2D eigenvalue weighted by Crippen LogP contribution is 2.16. The number of pyridine rings is 1. The van der Waals surface area contributed by atoms with E-state index in [1.54, 1.807) is 13.3 Å². The number of anilines is 1. The van der Waals surface area contributed by atoms with Gasteiger partial charge in [0.15, 0.2) is 0 Å². The first-order valence-electron chi connectivity index (χ1n) is 5.60. The largest absolute Gasteiger partial charge is 0.381 e. The fourth-order valence-electron chi connectivity index (χ4n) is 1.67. The first kappa shape index (κ1) is 11.6. The number of benzene rings is 1. The minimum Gasteiger partial charge on any atom is -0.381 e. The van der Waals surface area contributed by atoms with Gasteiger partial charge in [-0.05, 0) is 17.7 Å². The average Bonchev–Trinajstić information content (AvgIpc) is 2.39. The summed E-state index contributed by atoms with van der Waals surface area (Å²) in [6.07, 6.45) is 3.65. The Kier molecular flexibility index (Phi) is 4.11. The summed E-state index contributed by atoms with van der Waals surface area (Å²) >= 11 is 0. The molecule has 0 bridgehead atoms. The lowest BCUT2D eigenvalue weighted by Gasteiger charge is -2.11. The fourth-order valence-corrected chi connectivity index (χ4v) is 1.67. The van der Waals surface area contributed by atoms with Crippen LogP contribution in [0.4, 0.5) is 5.69 Å². The van der Waals surface area contributed by atoms with Crippen molar-refractivity contribution >= 4 is 5.69 Å². The molecule has 0 aliphatic heterocycles. The monoisotopic (exact) mass is 228 g/mol. The number of ether oxygens (including phenoxy) is 1. The molecule has 0 spiro atoms. The predicted molar refractivity (Wildman–Crippen MR) is 68.7 cm³/mol. The Morgan fingerprint density at radius 3 is 2.82 bits per heavy atom. The Morgan fingerprint density at radius 1 is 1.18 bits per heavy atom. The molecule has 17 heavy (non-hydrogen) atoms. The molecule has 1 N–H and O–H groups in total. The molecule has 88 valence electrons. The van der Waals surface area contributed by atoms with E-state index in [0.29, 0.717) is 6.61 Å². The van der Waals surface area contributed by atoms with E-state index in [4.69, 9.17) is 4.74 Å². The van der Waals surface area contributed by atoms with E-state index in [-0.39, 0.29) is 0 Å². The minimum atomic E-state index is 0.621. The number of nitrogens with one attached hydrogen (secondary N) is 1. The molecule has 0 amide bonds. The van der Waals surface area contributed by atoms with E-state index in [0.717, 1.165) is 12.2 Å². The average molecular weight is 228 g/mol. The summed E-state index contributed by atoms with van der Waals surface area (Å²) in [6.45, 7) is 1.39. The van der Waals surface area contributed by atoms with Crippen LogP contribution in [0.3, 0.4) is 0 Å². The Bertz CT molecular complexity index is 457. The smallest absolute Gasteiger partial charge is 0.0733 e. The molecule has 0 aliphatic carbocycles. The summed E-state index contributed by atoms with van der Waals surface area (Å²) in [5, 5.41) is 3.39. The van der Waals surface area contributed by atoms with Crippen molar-refractivity contribution in [2.45, 2.75) is 13.2 Å². The summed E-state index contributed by atoms with van der Waals surface area (Å²) in [7, 11) is 1.71.